The number of epoxide rings is 1. The molecule has 4 nitrogen and oxygen atoms in total. The van der Waals surface area contributed by atoms with E-state index in [1.165, 1.54) is 0 Å². The molecule has 0 unspecified atom stereocenters. The van der Waals surface area contributed by atoms with Gasteiger partial charge < -0.3 is 14.9 Å². The summed E-state index contributed by atoms with van der Waals surface area (Å²) in [6.07, 6.45) is -1.78. The lowest BCUT2D eigenvalue weighted by atomic mass is 10.3. The minimum absolute atomic E-state index is 0.369. The molecular formula is C4H6O4. The van der Waals surface area contributed by atoms with E-state index in [2.05, 4.69) is 4.74 Å². The fourth-order valence-electron chi connectivity index (χ4n) is 0.397. The van der Waals surface area contributed by atoms with Gasteiger partial charge in [-0.15, -0.1) is 0 Å². The van der Waals surface area contributed by atoms with Gasteiger partial charge in [-0.1, -0.05) is 0 Å². The van der Waals surface area contributed by atoms with Gasteiger partial charge in [-0.25, -0.2) is 4.79 Å². The summed E-state index contributed by atoms with van der Waals surface area (Å²) in [4.78, 5) is 9.85. The van der Waals surface area contributed by atoms with Crippen LogP contribution in [0.4, 0.5) is 0 Å². The summed E-state index contributed by atoms with van der Waals surface area (Å²) >= 11 is 0. The van der Waals surface area contributed by atoms with Crippen molar-refractivity contribution in [1.82, 2.24) is 0 Å². The van der Waals surface area contributed by atoms with Gasteiger partial charge in [-0.2, -0.15) is 0 Å². The maximum absolute atomic E-state index is 9.85. The summed E-state index contributed by atoms with van der Waals surface area (Å²) < 4.78 is 4.50. The van der Waals surface area contributed by atoms with Crippen molar-refractivity contribution in [1.29, 1.82) is 0 Å². The molecule has 8 heavy (non-hydrogen) atoms. The second kappa shape index (κ2) is 1.72. The lowest BCUT2D eigenvalue weighted by Crippen LogP contribution is -2.25. The Hall–Kier alpha value is -0.610. The molecule has 0 spiro atoms. The van der Waals surface area contributed by atoms with Gasteiger partial charge in [-0.3, -0.25) is 0 Å². The van der Waals surface area contributed by atoms with Gasteiger partial charge in [0.15, 0.2) is 6.10 Å². The summed E-state index contributed by atoms with van der Waals surface area (Å²) in [5, 5.41) is 16.6. The van der Waals surface area contributed by atoms with Crippen molar-refractivity contribution in [2.45, 2.75) is 12.2 Å². The Labute approximate surface area is 45.7 Å². The van der Waals surface area contributed by atoms with E-state index in [-0.39, 0.29) is 0 Å². The average Bonchev–Trinajstić information content (AvgIpc) is 2.43. The summed E-state index contributed by atoms with van der Waals surface area (Å²) in [5.41, 5.74) is 0. The standard InChI is InChI=1S/C4H6O4/c5-3(4(6)7)2-1-8-2/h2-3,5H,1H2,(H,6,7)/t2-,3+/m0/s1. The predicted molar refractivity (Wildman–Crippen MR) is 23.4 cm³/mol. The quantitative estimate of drug-likeness (QED) is 0.448. The van der Waals surface area contributed by atoms with Gasteiger partial charge in [0.05, 0.1) is 6.61 Å². The zero-order chi connectivity index (χ0) is 6.15. The molecule has 1 fully saturated rings. The Bertz CT molecular complexity index is 107. The van der Waals surface area contributed by atoms with Gasteiger partial charge in [0.1, 0.15) is 6.10 Å². The number of rotatable bonds is 2. The van der Waals surface area contributed by atoms with Gasteiger partial charge >= 0.3 is 5.97 Å². The summed E-state index contributed by atoms with van der Waals surface area (Å²) in [6, 6.07) is 0. The highest BCUT2D eigenvalue weighted by Crippen LogP contribution is 2.13. The molecule has 0 aliphatic carbocycles. The number of hydrogen-bond donors (Lipinski definition) is 2. The summed E-state index contributed by atoms with van der Waals surface area (Å²) in [7, 11) is 0. The van der Waals surface area contributed by atoms with Crippen LogP contribution in [-0.2, 0) is 9.53 Å². The Morgan fingerprint density at radius 3 is 2.50 bits per heavy atom. The third-order valence-electron chi connectivity index (χ3n) is 0.964. The highest BCUT2D eigenvalue weighted by Gasteiger charge is 2.36. The lowest BCUT2D eigenvalue weighted by molar-refractivity contribution is -0.147. The van der Waals surface area contributed by atoms with Crippen molar-refractivity contribution in [2.24, 2.45) is 0 Å². The number of aliphatic hydroxyl groups is 1. The van der Waals surface area contributed by atoms with Crippen molar-refractivity contribution in [2.75, 3.05) is 6.61 Å². The fraction of sp³-hybridized carbons (Fsp3) is 0.750. The van der Waals surface area contributed by atoms with E-state index in [1.54, 1.807) is 0 Å². The monoisotopic (exact) mass is 118 g/mol. The normalized spacial score (nSPS) is 29.4. The summed E-state index contributed by atoms with van der Waals surface area (Å²) in [5.74, 6) is -1.22. The van der Waals surface area contributed by atoms with Crippen LogP contribution >= 0.6 is 0 Å². The van der Waals surface area contributed by atoms with Crippen molar-refractivity contribution >= 4 is 5.97 Å². The first-order valence-electron chi connectivity index (χ1n) is 2.24. The molecule has 0 amide bonds. The smallest absolute Gasteiger partial charge is 0.335 e. The zero-order valence-corrected chi connectivity index (χ0v) is 4.07. The maximum Gasteiger partial charge on any atom is 0.335 e. The molecule has 1 rings (SSSR count). The highest BCUT2D eigenvalue weighted by atomic mass is 16.6. The van der Waals surface area contributed by atoms with Crippen molar-refractivity contribution in [3.8, 4) is 0 Å². The number of hydrogen-bond acceptors (Lipinski definition) is 3. The van der Waals surface area contributed by atoms with Crippen molar-refractivity contribution in [3.63, 3.8) is 0 Å². The van der Waals surface area contributed by atoms with E-state index in [0.717, 1.165) is 0 Å². The third-order valence-corrected chi connectivity index (χ3v) is 0.964. The van der Waals surface area contributed by atoms with Crippen LogP contribution in [0.3, 0.4) is 0 Å². The van der Waals surface area contributed by atoms with Gasteiger partial charge in [0.25, 0.3) is 0 Å². The Balaban J connectivity index is 2.32. The van der Waals surface area contributed by atoms with Crippen LogP contribution in [0.25, 0.3) is 0 Å². The molecule has 1 aliphatic heterocycles. The molecule has 0 bridgehead atoms. The molecule has 0 saturated carbocycles. The molecule has 2 atom stereocenters. The number of carboxylic acid groups (broad SMARTS) is 1. The predicted octanol–water partition coefficient (Wildman–Crippen LogP) is -1.17. The first-order valence-corrected chi connectivity index (χ1v) is 2.24. The van der Waals surface area contributed by atoms with Crippen LogP contribution in [0.5, 0.6) is 0 Å². The molecule has 0 aromatic carbocycles. The van der Waals surface area contributed by atoms with Gasteiger partial charge in [0, 0.05) is 0 Å². The topological polar surface area (TPSA) is 70.1 Å². The molecule has 46 valence electrons. The number of carbonyl (C=O) groups is 1. The Morgan fingerprint density at radius 2 is 2.38 bits per heavy atom. The molecule has 0 aromatic heterocycles. The fourth-order valence-corrected chi connectivity index (χ4v) is 0.397. The molecule has 0 radical (unpaired) electrons. The van der Waals surface area contributed by atoms with E-state index in [1.807, 2.05) is 0 Å². The first kappa shape index (κ1) is 5.53. The number of aliphatic hydroxyl groups excluding tert-OH is 1. The largest absolute Gasteiger partial charge is 0.479 e. The molecular weight excluding hydrogens is 112 g/mol. The molecule has 1 aliphatic rings. The van der Waals surface area contributed by atoms with Crippen LogP contribution in [0.1, 0.15) is 0 Å². The SMILES string of the molecule is O=C(O)[C@H](O)[C@@H]1CO1. The molecule has 1 saturated heterocycles. The van der Waals surface area contributed by atoms with E-state index < -0.39 is 18.2 Å². The second-order valence-electron chi connectivity index (χ2n) is 1.65. The number of ether oxygens (including phenoxy) is 1. The number of aliphatic carboxylic acids is 1. The van der Waals surface area contributed by atoms with E-state index in [4.69, 9.17) is 10.2 Å². The van der Waals surface area contributed by atoms with E-state index >= 15 is 0 Å². The van der Waals surface area contributed by atoms with E-state index in [0.29, 0.717) is 6.61 Å². The molecule has 0 aromatic rings. The van der Waals surface area contributed by atoms with Crippen molar-refractivity contribution < 1.29 is 19.7 Å². The van der Waals surface area contributed by atoms with Gasteiger partial charge in [0.2, 0.25) is 0 Å². The van der Waals surface area contributed by atoms with Crippen LogP contribution in [-0.4, -0.2) is 35.0 Å². The highest BCUT2D eigenvalue weighted by molar-refractivity contribution is 5.73. The van der Waals surface area contributed by atoms with Crippen LogP contribution < -0.4 is 0 Å². The Kier molecular flexibility index (Phi) is 1.19. The summed E-state index contributed by atoms with van der Waals surface area (Å²) in [6.45, 7) is 0.369. The van der Waals surface area contributed by atoms with Crippen LogP contribution in [0, 0.1) is 0 Å². The third kappa shape index (κ3) is 0.962. The Morgan fingerprint density at radius 1 is 1.88 bits per heavy atom. The molecule has 4 heteroatoms. The molecule has 2 N–H and O–H groups in total. The van der Waals surface area contributed by atoms with Crippen molar-refractivity contribution in [3.05, 3.63) is 0 Å². The van der Waals surface area contributed by atoms with Crippen LogP contribution in [0.15, 0.2) is 0 Å². The lowest BCUT2D eigenvalue weighted by Gasteiger charge is -1.95. The minimum Gasteiger partial charge on any atom is -0.479 e. The maximum atomic E-state index is 9.85. The van der Waals surface area contributed by atoms with Gasteiger partial charge in [-0.05, 0) is 0 Å². The second-order valence-corrected chi connectivity index (χ2v) is 1.65. The van der Waals surface area contributed by atoms with E-state index in [9.17, 15) is 4.79 Å². The van der Waals surface area contributed by atoms with Crippen LogP contribution in [0.2, 0.25) is 0 Å². The number of carboxylic acids is 1. The molecule has 1 heterocycles. The zero-order valence-electron chi connectivity index (χ0n) is 4.07. The minimum atomic E-state index is -1.32. The first-order chi connectivity index (χ1) is 3.72. The average molecular weight is 118 g/mol.